The Hall–Kier alpha value is -3.81. The van der Waals surface area contributed by atoms with Gasteiger partial charge in [-0.2, -0.15) is 5.10 Å². The molecule has 2 heterocycles. The lowest BCUT2D eigenvalue weighted by molar-refractivity contribution is 0.0438. The second-order valence-electron chi connectivity index (χ2n) is 5.73. The van der Waals surface area contributed by atoms with E-state index in [1.807, 2.05) is 42.5 Å². The van der Waals surface area contributed by atoms with Gasteiger partial charge >= 0.3 is 5.97 Å². The maximum absolute atomic E-state index is 12.2. The van der Waals surface area contributed by atoms with Gasteiger partial charge in [0, 0.05) is 5.56 Å². The summed E-state index contributed by atoms with van der Waals surface area (Å²) in [6.45, 7) is 0.499. The maximum Gasteiger partial charge on any atom is 0.338 e. The third-order valence-electron chi connectivity index (χ3n) is 3.82. The van der Waals surface area contributed by atoms with Crippen LogP contribution in [0.4, 0.5) is 0 Å². The van der Waals surface area contributed by atoms with Crippen LogP contribution < -0.4 is 0 Å². The Kier molecular flexibility index (Phi) is 4.69. The first-order valence-electron chi connectivity index (χ1n) is 8.24. The van der Waals surface area contributed by atoms with Crippen LogP contribution in [0, 0.1) is 0 Å². The van der Waals surface area contributed by atoms with Gasteiger partial charge in [-0.1, -0.05) is 30.3 Å². The number of esters is 1. The second-order valence-corrected chi connectivity index (χ2v) is 5.73. The van der Waals surface area contributed by atoms with Gasteiger partial charge < -0.3 is 9.15 Å². The summed E-state index contributed by atoms with van der Waals surface area (Å²) in [5.74, 6) is 0.172. The van der Waals surface area contributed by atoms with Crippen LogP contribution in [0.5, 0.6) is 0 Å². The highest BCUT2D eigenvalue weighted by Crippen LogP contribution is 2.17. The molecule has 0 unspecified atom stereocenters. The molecule has 0 aliphatic heterocycles. The largest absolute Gasteiger partial charge is 0.452 e. The Morgan fingerprint density at radius 2 is 1.85 bits per heavy atom. The lowest BCUT2D eigenvalue weighted by Crippen LogP contribution is -2.06. The van der Waals surface area contributed by atoms with E-state index in [9.17, 15) is 4.79 Å². The second kappa shape index (κ2) is 7.61. The summed E-state index contributed by atoms with van der Waals surface area (Å²) in [5.41, 5.74) is 2.26. The molecule has 0 radical (unpaired) electrons. The number of ether oxygens (including phenoxy) is 1. The lowest BCUT2D eigenvalue weighted by Gasteiger charge is -2.04. The van der Waals surface area contributed by atoms with Crippen LogP contribution in [-0.2, 0) is 17.9 Å². The van der Waals surface area contributed by atoms with Gasteiger partial charge in [0.1, 0.15) is 12.7 Å². The molecule has 4 rings (SSSR count). The van der Waals surface area contributed by atoms with E-state index >= 15 is 0 Å². The summed E-state index contributed by atoms with van der Waals surface area (Å²) < 4.78 is 12.5. The van der Waals surface area contributed by atoms with Crippen molar-refractivity contribution in [2.75, 3.05) is 0 Å². The fourth-order valence-corrected chi connectivity index (χ4v) is 2.47. The molecule has 0 fully saturated rings. The van der Waals surface area contributed by atoms with Crippen molar-refractivity contribution in [1.82, 2.24) is 25.0 Å². The van der Waals surface area contributed by atoms with E-state index in [1.54, 1.807) is 23.1 Å². The van der Waals surface area contributed by atoms with Crippen molar-refractivity contribution in [3.63, 3.8) is 0 Å². The van der Waals surface area contributed by atoms with E-state index in [2.05, 4.69) is 20.3 Å². The summed E-state index contributed by atoms with van der Waals surface area (Å²) in [7, 11) is 0. The van der Waals surface area contributed by atoms with Crippen molar-refractivity contribution < 1.29 is 13.9 Å². The zero-order chi connectivity index (χ0) is 18.5. The highest BCUT2D eigenvalue weighted by Gasteiger charge is 2.12. The molecule has 2 aromatic carbocycles. The number of benzene rings is 2. The quantitative estimate of drug-likeness (QED) is 0.487. The number of hydrogen-bond donors (Lipinski definition) is 0. The molecule has 0 saturated carbocycles. The van der Waals surface area contributed by atoms with Gasteiger partial charge in [-0.25, -0.2) is 14.5 Å². The summed E-state index contributed by atoms with van der Waals surface area (Å²) >= 11 is 0. The molecule has 0 amide bonds. The topological polar surface area (TPSA) is 95.9 Å². The summed E-state index contributed by atoms with van der Waals surface area (Å²) in [6, 6.07) is 16.5. The molecule has 0 N–H and O–H groups in total. The minimum absolute atomic E-state index is 0.0840. The molecule has 27 heavy (non-hydrogen) atoms. The third kappa shape index (κ3) is 4.06. The Bertz CT molecular complexity index is 1010. The van der Waals surface area contributed by atoms with E-state index in [0.29, 0.717) is 18.0 Å². The molecule has 2 aromatic heterocycles. The van der Waals surface area contributed by atoms with Gasteiger partial charge in [0.2, 0.25) is 5.89 Å². The molecular formula is C19H15N5O3. The summed E-state index contributed by atoms with van der Waals surface area (Å²) in [4.78, 5) is 16.1. The number of nitrogens with zero attached hydrogens (tertiary/aromatic N) is 5. The zero-order valence-corrected chi connectivity index (χ0v) is 14.2. The van der Waals surface area contributed by atoms with Gasteiger partial charge in [0.15, 0.2) is 6.61 Å². The molecule has 4 aromatic rings. The fraction of sp³-hybridized carbons (Fsp3) is 0.105. The number of aromatic nitrogens is 5. The molecule has 8 nitrogen and oxygen atoms in total. The SMILES string of the molecule is O=C(OCc1nnc(-c2ccccc2)o1)c1ccc(Cn2cncn2)cc1. The molecule has 0 saturated heterocycles. The van der Waals surface area contributed by atoms with Gasteiger partial charge in [-0.15, -0.1) is 10.2 Å². The molecule has 0 aliphatic rings. The summed E-state index contributed by atoms with van der Waals surface area (Å²) in [6.07, 6.45) is 3.11. The van der Waals surface area contributed by atoms with Gasteiger partial charge in [-0.05, 0) is 29.8 Å². The molecule has 0 atom stereocenters. The van der Waals surface area contributed by atoms with Crippen molar-refractivity contribution in [2.24, 2.45) is 0 Å². The smallest absolute Gasteiger partial charge is 0.338 e. The van der Waals surface area contributed by atoms with Gasteiger partial charge in [0.05, 0.1) is 12.1 Å². The highest BCUT2D eigenvalue weighted by molar-refractivity contribution is 5.89. The van der Waals surface area contributed by atoms with Gasteiger partial charge in [0.25, 0.3) is 5.89 Å². The molecule has 0 aliphatic carbocycles. The van der Waals surface area contributed by atoms with Crippen molar-refractivity contribution in [3.8, 4) is 11.5 Å². The predicted molar refractivity (Wildman–Crippen MR) is 94.4 cm³/mol. The average Bonchev–Trinajstić information content (AvgIpc) is 3.39. The predicted octanol–water partition coefficient (Wildman–Crippen LogP) is 2.73. The first-order valence-corrected chi connectivity index (χ1v) is 8.24. The molecule has 134 valence electrons. The van der Waals surface area contributed by atoms with Crippen LogP contribution in [-0.4, -0.2) is 30.9 Å². The maximum atomic E-state index is 12.2. The number of rotatable bonds is 6. The van der Waals surface area contributed by atoms with Crippen molar-refractivity contribution >= 4 is 5.97 Å². The van der Waals surface area contributed by atoms with Crippen LogP contribution in [0.3, 0.4) is 0 Å². The fourth-order valence-electron chi connectivity index (χ4n) is 2.47. The molecule has 0 spiro atoms. The van der Waals surface area contributed by atoms with E-state index < -0.39 is 5.97 Å². The Balaban J connectivity index is 1.35. The van der Waals surface area contributed by atoms with E-state index in [4.69, 9.17) is 9.15 Å². The first kappa shape index (κ1) is 16.6. The number of hydrogen-bond acceptors (Lipinski definition) is 7. The first-order chi connectivity index (χ1) is 13.3. The lowest BCUT2D eigenvalue weighted by atomic mass is 10.1. The van der Waals surface area contributed by atoms with Gasteiger partial charge in [-0.3, -0.25) is 0 Å². The van der Waals surface area contributed by atoms with Crippen molar-refractivity contribution in [2.45, 2.75) is 13.2 Å². The van der Waals surface area contributed by atoms with Crippen LogP contribution in [0.25, 0.3) is 11.5 Å². The van der Waals surface area contributed by atoms with Crippen LogP contribution in [0.1, 0.15) is 21.8 Å². The van der Waals surface area contributed by atoms with Crippen LogP contribution in [0.2, 0.25) is 0 Å². The number of carbonyl (C=O) groups excluding carboxylic acids is 1. The minimum Gasteiger partial charge on any atom is -0.452 e. The number of carbonyl (C=O) groups is 1. The Morgan fingerprint density at radius 1 is 1.04 bits per heavy atom. The average molecular weight is 361 g/mol. The van der Waals surface area contributed by atoms with Crippen molar-refractivity contribution in [3.05, 3.63) is 84.3 Å². The standard InChI is InChI=1S/C19H15N5O3/c25-19(16-8-6-14(7-9-16)10-24-13-20-12-21-24)26-11-17-22-23-18(27-17)15-4-2-1-3-5-15/h1-9,12-13H,10-11H2. The van der Waals surface area contributed by atoms with E-state index in [0.717, 1.165) is 11.1 Å². The molecule has 8 heteroatoms. The Labute approximate surface area is 154 Å². The monoisotopic (exact) mass is 361 g/mol. The highest BCUT2D eigenvalue weighted by atomic mass is 16.5. The van der Waals surface area contributed by atoms with E-state index in [1.165, 1.54) is 6.33 Å². The zero-order valence-electron chi connectivity index (χ0n) is 14.2. The molecular weight excluding hydrogens is 346 g/mol. The minimum atomic E-state index is -0.457. The molecule has 0 bridgehead atoms. The van der Waals surface area contributed by atoms with E-state index in [-0.39, 0.29) is 12.5 Å². The van der Waals surface area contributed by atoms with Crippen LogP contribution in [0.15, 0.2) is 71.7 Å². The van der Waals surface area contributed by atoms with Crippen LogP contribution >= 0.6 is 0 Å². The normalized spacial score (nSPS) is 10.7. The van der Waals surface area contributed by atoms with Crippen molar-refractivity contribution in [1.29, 1.82) is 0 Å². The third-order valence-corrected chi connectivity index (χ3v) is 3.82. The summed E-state index contributed by atoms with van der Waals surface area (Å²) in [5, 5.41) is 11.9. The Morgan fingerprint density at radius 3 is 2.59 bits per heavy atom.